The molecule has 0 saturated carbocycles. The monoisotopic (exact) mass is 290 g/mol. The minimum absolute atomic E-state index is 0.607. The molecular weight excluding hydrogens is 272 g/mol. The SMILES string of the molecule is CCNCc1ccc(OCCc2ccncc2)c(Cl)c1. The zero-order valence-electron chi connectivity index (χ0n) is 11.6. The van der Waals surface area contributed by atoms with Crippen molar-refractivity contribution in [2.45, 2.75) is 19.9 Å². The van der Waals surface area contributed by atoms with Crippen molar-refractivity contribution in [3.63, 3.8) is 0 Å². The molecule has 0 aliphatic carbocycles. The lowest BCUT2D eigenvalue weighted by Crippen LogP contribution is -2.11. The average molecular weight is 291 g/mol. The number of pyridine rings is 1. The van der Waals surface area contributed by atoms with Gasteiger partial charge in [0, 0.05) is 25.4 Å². The molecule has 4 heteroatoms. The Kier molecular flexibility index (Phi) is 5.84. The summed E-state index contributed by atoms with van der Waals surface area (Å²) in [5, 5.41) is 3.93. The van der Waals surface area contributed by atoms with Gasteiger partial charge in [0.25, 0.3) is 0 Å². The van der Waals surface area contributed by atoms with Gasteiger partial charge in [-0.2, -0.15) is 0 Å². The third-order valence-electron chi connectivity index (χ3n) is 2.97. The summed E-state index contributed by atoms with van der Waals surface area (Å²) in [5.41, 5.74) is 2.37. The molecule has 0 radical (unpaired) electrons. The topological polar surface area (TPSA) is 34.1 Å². The Morgan fingerprint density at radius 1 is 1.15 bits per heavy atom. The Bertz CT molecular complexity index is 531. The van der Waals surface area contributed by atoms with Crippen LogP contribution in [-0.2, 0) is 13.0 Å². The highest BCUT2D eigenvalue weighted by atomic mass is 35.5. The molecule has 0 aliphatic heterocycles. The Hall–Kier alpha value is -1.58. The standard InChI is InChI=1S/C16H19ClN2O/c1-2-18-12-14-3-4-16(15(17)11-14)20-10-7-13-5-8-19-9-6-13/h3-6,8-9,11,18H,2,7,10,12H2,1H3. The number of rotatable bonds is 7. The lowest BCUT2D eigenvalue weighted by Gasteiger charge is -2.10. The zero-order valence-corrected chi connectivity index (χ0v) is 12.4. The molecule has 1 aromatic heterocycles. The summed E-state index contributed by atoms with van der Waals surface area (Å²) in [6.45, 7) is 4.46. The molecule has 106 valence electrons. The molecule has 0 amide bonds. The van der Waals surface area contributed by atoms with E-state index in [1.807, 2.05) is 30.3 Å². The van der Waals surface area contributed by atoms with Crippen LogP contribution < -0.4 is 10.1 Å². The van der Waals surface area contributed by atoms with Gasteiger partial charge < -0.3 is 10.1 Å². The molecule has 0 saturated heterocycles. The van der Waals surface area contributed by atoms with Crippen LogP contribution in [0, 0.1) is 0 Å². The van der Waals surface area contributed by atoms with E-state index in [4.69, 9.17) is 16.3 Å². The van der Waals surface area contributed by atoms with Gasteiger partial charge in [-0.05, 0) is 41.9 Å². The van der Waals surface area contributed by atoms with Crippen molar-refractivity contribution < 1.29 is 4.74 Å². The smallest absolute Gasteiger partial charge is 0.137 e. The quantitative estimate of drug-likeness (QED) is 0.848. The third-order valence-corrected chi connectivity index (χ3v) is 3.27. The van der Waals surface area contributed by atoms with Crippen molar-refractivity contribution in [3.8, 4) is 5.75 Å². The number of benzene rings is 1. The van der Waals surface area contributed by atoms with Gasteiger partial charge in [-0.1, -0.05) is 24.6 Å². The molecule has 1 heterocycles. The molecule has 0 unspecified atom stereocenters. The van der Waals surface area contributed by atoms with Gasteiger partial charge in [0.1, 0.15) is 5.75 Å². The van der Waals surface area contributed by atoms with E-state index in [2.05, 4.69) is 17.2 Å². The Morgan fingerprint density at radius 2 is 1.95 bits per heavy atom. The van der Waals surface area contributed by atoms with E-state index in [-0.39, 0.29) is 0 Å². The number of halogens is 1. The lowest BCUT2D eigenvalue weighted by molar-refractivity contribution is 0.322. The lowest BCUT2D eigenvalue weighted by atomic mass is 10.2. The molecule has 0 bridgehead atoms. The van der Waals surface area contributed by atoms with Crippen LogP contribution in [0.2, 0.25) is 5.02 Å². The molecule has 2 rings (SSSR count). The maximum Gasteiger partial charge on any atom is 0.137 e. The van der Waals surface area contributed by atoms with Crippen LogP contribution in [-0.4, -0.2) is 18.1 Å². The van der Waals surface area contributed by atoms with E-state index in [0.717, 1.165) is 25.3 Å². The van der Waals surface area contributed by atoms with Gasteiger partial charge in [0.15, 0.2) is 0 Å². The molecule has 0 spiro atoms. The van der Waals surface area contributed by atoms with Crippen LogP contribution in [0.3, 0.4) is 0 Å². The highest BCUT2D eigenvalue weighted by molar-refractivity contribution is 6.32. The highest BCUT2D eigenvalue weighted by Crippen LogP contribution is 2.25. The van der Waals surface area contributed by atoms with Crippen molar-refractivity contribution in [2.24, 2.45) is 0 Å². The second-order valence-electron chi connectivity index (χ2n) is 4.50. The zero-order chi connectivity index (χ0) is 14.2. The third kappa shape index (κ3) is 4.51. The van der Waals surface area contributed by atoms with Gasteiger partial charge in [-0.25, -0.2) is 0 Å². The van der Waals surface area contributed by atoms with Gasteiger partial charge in [0.2, 0.25) is 0 Å². The van der Waals surface area contributed by atoms with Crippen LogP contribution in [0.25, 0.3) is 0 Å². The summed E-state index contributed by atoms with van der Waals surface area (Å²) < 4.78 is 5.73. The first-order valence-electron chi connectivity index (χ1n) is 6.80. The van der Waals surface area contributed by atoms with Crippen molar-refractivity contribution in [1.29, 1.82) is 0 Å². The summed E-state index contributed by atoms with van der Waals surface area (Å²) in [4.78, 5) is 3.99. The fourth-order valence-electron chi connectivity index (χ4n) is 1.87. The maximum absolute atomic E-state index is 6.23. The summed E-state index contributed by atoms with van der Waals surface area (Å²) >= 11 is 6.23. The first kappa shape index (κ1) is 14.8. The van der Waals surface area contributed by atoms with Crippen LogP contribution in [0.5, 0.6) is 5.75 Å². The predicted octanol–water partition coefficient (Wildman–Crippen LogP) is 3.47. The van der Waals surface area contributed by atoms with Crippen molar-refractivity contribution >= 4 is 11.6 Å². The number of nitrogens with one attached hydrogen (secondary N) is 1. The van der Waals surface area contributed by atoms with E-state index in [1.54, 1.807) is 12.4 Å². The second kappa shape index (κ2) is 7.88. The van der Waals surface area contributed by atoms with E-state index in [0.29, 0.717) is 11.6 Å². The number of aromatic nitrogens is 1. The Balaban J connectivity index is 1.86. The van der Waals surface area contributed by atoms with Crippen molar-refractivity contribution in [2.75, 3.05) is 13.2 Å². The number of ether oxygens (including phenoxy) is 1. The van der Waals surface area contributed by atoms with Crippen LogP contribution in [0.1, 0.15) is 18.1 Å². The van der Waals surface area contributed by atoms with Crippen LogP contribution in [0.15, 0.2) is 42.7 Å². The summed E-state index contributed by atoms with van der Waals surface area (Å²) in [6, 6.07) is 9.90. The van der Waals surface area contributed by atoms with Gasteiger partial charge in [-0.3, -0.25) is 4.98 Å². The first-order chi connectivity index (χ1) is 9.79. The van der Waals surface area contributed by atoms with Gasteiger partial charge >= 0.3 is 0 Å². The molecule has 0 atom stereocenters. The fourth-order valence-corrected chi connectivity index (χ4v) is 2.13. The van der Waals surface area contributed by atoms with Crippen LogP contribution in [0.4, 0.5) is 0 Å². The molecule has 20 heavy (non-hydrogen) atoms. The number of nitrogens with zero attached hydrogens (tertiary/aromatic N) is 1. The molecule has 0 aliphatic rings. The molecule has 2 aromatic rings. The molecule has 1 N–H and O–H groups in total. The van der Waals surface area contributed by atoms with Gasteiger partial charge in [-0.15, -0.1) is 0 Å². The summed E-state index contributed by atoms with van der Waals surface area (Å²) in [6.07, 6.45) is 4.42. The Morgan fingerprint density at radius 3 is 2.65 bits per heavy atom. The average Bonchev–Trinajstić information content (AvgIpc) is 2.48. The number of hydrogen-bond acceptors (Lipinski definition) is 3. The normalized spacial score (nSPS) is 10.5. The van der Waals surface area contributed by atoms with Gasteiger partial charge in [0.05, 0.1) is 11.6 Å². The van der Waals surface area contributed by atoms with E-state index in [9.17, 15) is 0 Å². The second-order valence-corrected chi connectivity index (χ2v) is 4.91. The fraction of sp³-hybridized carbons (Fsp3) is 0.312. The summed E-state index contributed by atoms with van der Waals surface area (Å²) in [5.74, 6) is 0.737. The number of hydrogen-bond donors (Lipinski definition) is 1. The minimum atomic E-state index is 0.607. The van der Waals surface area contributed by atoms with E-state index in [1.165, 1.54) is 11.1 Å². The Labute approximate surface area is 124 Å². The van der Waals surface area contributed by atoms with E-state index >= 15 is 0 Å². The predicted molar refractivity (Wildman–Crippen MR) is 82.3 cm³/mol. The molecule has 0 fully saturated rings. The molecule has 1 aromatic carbocycles. The van der Waals surface area contributed by atoms with Crippen molar-refractivity contribution in [1.82, 2.24) is 10.3 Å². The largest absolute Gasteiger partial charge is 0.492 e. The summed E-state index contributed by atoms with van der Waals surface area (Å²) in [7, 11) is 0. The molecular formula is C16H19ClN2O. The first-order valence-corrected chi connectivity index (χ1v) is 7.18. The molecule has 3 nitrogen and oxygen atoms in total. The maximum atomic E-state index is 6.23. The van der Waals surface area contributed by atoms with Crippen LogP contribution >= 0.6 is 11.6 Å². The highest BCUT2D eigenvalue weighted by Gasteiger charge is 2.03. The van der Waals surface area contributed by atoms with E-state index < -0.39 is 0 Å². The van der Waals surface area contributed by atoms with Crippen molar-refractivity contribution in [3.05, 3.63) is 58.9 Å². The minimum Gasteiger partial charge on any atom is -0.492 e.